The molecule has 0 saturated carbocycles. The van der Waals surface area contributed by atoms with E-state index in [2.05, 4.69) is 5.32 Å². The van der Waals surface area contributed by atoms with Crippen LogP contribution < -0.4 is 9.62 Å². The SMILES string of the molecule is C[C@@H](C(=O)NC(C)(C)C)N(Cc1c(Cl)cccc1Cl)C(=O)CN(c1ccccc1)S(=O)(=O)N(C)C. The molecule has 0 saturated heterocycles. The molecule has 0 aromatic heterocycles. The number of para-hydroxylation sites is 1. The van der Waals surface area contributed by atoms with Crippen LogP contribution in [0, 0.1) is 0 Å². The number of carbonyl (C=O) groups excluding carboxylic acids is 2. The van der Waals surface area contributed by atoms with Crippen molar-refractivity contribution < 1.29 is 18.0 Å². The molecule has 2 aromatic carbocycles. The Labute approximate surface area is 218 Å². The first-order valence-electron chi connectivity index (χ1n) is 10.9. The van der Waals surface area contributed by atoms with Gasteiger partial charge in [0.15, 0.2) is 0 Å². The maximum atomic E-state index is 13.7. The average Bonchev–Trinajstić information content (AvgIpc) is 2.76. The van der Waals surface area contributed by atoms with Crippen LogP contribution in [0.4, 0.5) is 5.69 Å². The molecule has 0 heterocycles. The van der Waals surface area contributed by atoms with Gasteiger partial charge in [-0.2, -0.15) is 12.7 Å². The highest BCUT2D eigenvalue weighted by Crippen LogP contribution is 2.27. The number of hydrogen-bond donors (Lipinski definition) is 1. The molecule has 11 heteroatoms. The van der Waals surface area contributed by atoms with E-state index in [4.69, 9.17) is 23.2 Å². The zero-order valence-corrected chi connectivity index (χ0v) is 23.1. The van der Waals surface area contributed by atoms with Crippen LogP contribution in [0.3, 0.4) is 0 Å². The summed E-state index contributed by atoms with van der Waals surface area (Å²) in [5.74, 6) is -0.984. The van der Waals surface area contributed by atoms with Gasteiger partial charge in [0.2, 0.25) is 11.8 Å². The monoisotopic (exact) mass is 542 g/mol. The van der Waals surface area contributed by atoms with Crippen LogP contribution in [0.1, 0.15) is 33.3 Å². The summed E-state index contributed by atoms with van der Waals surface area (Å²) in [4.78, 5) is 28.0. The summed E-state index contributed by atoms with van der Waals surface area (Å²) in [7, 11) is -1.25. The van der Waals surface area contributed by atoms with Crippen LogP contribution in [-0.4, -0.2) is 61.7 Å². The number of hydrogen-bond acceptors (Lipinski definition) is 4. The fraction of sp³-hybridized carbons (Fsp3) is 0.417. The van der Waals surface area contributed by atoms with Crippen molar-refractivity contribution in [1.82, 2.24) is 14.5 Å². The zero-order chi connectivity index (χ0) is 26.6. The van der Waals surface area contributed by atoms with Crippen LogP contribution in [-0.2, 0) is 26.3 Å². The van der Waals surface area contributed by atoms with Gasteiger partial charge in [0.05, 0.1) is 5.69 Å². The van der Waals surface area contributed by atoms with Crippen molar-refractivity contribution in [1.29, 1.82) is 0 Å². The van der Waals surface area contributed by atoms with Crippen molar-refractivity contribution in [3.05, 3.63) is 64.1 Å². The van der Waals surface area contributed by atoms with Gasteiger partial charge in [-0.15, -0.1) is 0 Å². The maximum absolute atomic E-state index is 13.7. The molecule has 35 heavy (non-hydrogen) atoms. The van der Waals surface area contributed by atoms with Gasteiger partial charge in [-0.3, -0.25) is 9.59 Å². The minimum Gasteiger partial charge on any atom is -0.350 e. The Bertz CT molecular complexity index is 1130. The van der Waals surface area contributed by atoms with E-state index in [0.29, 0.717) is 21.3 Å². The number of benzene rings is 2. The quantitative estimate of drug-likeness (QED) is 0.519. The van der Waals surface area contributed by atoms with Crippen molar-refractivity contribution >= 4 is 50.9 Å². The first-order chi connectivity index (χ1) is 16.1. The van der Waals surface area contributed by atoms with Gasteiger partial charge in [-0.05, 0) is 52.0 Å². The van der Waals surface area contributed by atoms with Crippen molar-refractivity contribution in [3.8, 4) is 0 Å². The summed E-state index contributed by atoms with van der Waals surface area (Å²) in [6.07, 6.45) is 0. The second kappa shape index (κ2) is 11.6. The number of rotatable bonds is 9. The normalized spacial score (nSPS) is 12.8. The first kappa shape index (κ1) is 28.9. The third kappa shape index (κ3) is 7.57. The van der Waals surface area contributed by atoms with Gasteiger partial charge in [0, 0.05) is 41.8 Å². The molecule has 0 spiro atoms. The van der Waals surface area contributed by atoms with E-state index in [1.54, 1.807) is 55.5 Å². The highest BCUT2D eigenvalue weighted by Gasteiger charge is 2.33. The maximum Gasteiger partial charge on any atom is 0.304 e. The lowest BCUT2D eigenvalue weighted by Crippen LogP contribution is -2.55. The van der Waals surface area contributed by atoms with Crippen molar-refractivity contribution in [2.45, 2.75) is 45.8 Å². The molecule has 1 atom stereocenters. The third-order valence-corrected chi connectivity index (χ3v) is 7.65. The number of nitrogens with zero attached hydrogens (tertiary/aromatic N) is 3. The first-order valence-corrected chi connectivity index (χ1v) is 13.1. The minimum atomic E-state index is -4.02. The Morgan fingerprint density at radius 2 is 1.51 bits per heavy atom. The zero-order valence-electron chi connectivity index (χ0n) is 20.7. The van der Waals surface area contributed by atoms with Gasteiger partial charge in [0.25, 0.3) is 0 Å². The summed E-state index contributed by atoms with van der Waals surface area (Å²) in [5.41, 5.74) is 0.241. The second-order valence-corrected chi connectivity index (χ2v) is 12.2. The largest absolute Gasteiger partial charge is 0.350 e. The molecule has 8 nitrogen and oxygen atoms in total. The Morgan fingerprint density at radius 3 is 2.00 bits per heavy atom. The molecule has 0 bridgehead atoms. The van der Waals surface area contributed by atoms with Crippen LogP contribution in [0.2, 0.25) is 10.0 Å². The van der Waals surface area contributed by atoms with Gasteiger partial charge < -0.3 is 10.2 Å². The van der Waals surface area contributed by atoms with Gasteiger partial charge in [-0.25, -0.2) is 4.31 Å². The molecule has 2 rings (SSSR count). The number of carbonyl (C=O) groups is 2. The molecule has 2 aromatic rings. The number of halogens is 2. The van der Waals surface area contributed by atoms with E-state index < -0.39 is 40.1 Å². The average molecular weight is 544 g/mol. The predicted molar refractivity (Wildman–Crippen MR) is 141 cm³/mol. The summed E-state index contributed by atoms with van der Waals surface area (Å²) in [5, 5.41) is 3.53. The summed E-state index contributed by atoms with van der Waals surface area (Å²) >= 11 is 12.7. The van der Waals surface area contributed by atoms with Gasteiger partial charge in [0.1, 0.15) is 12.6 Å². The molecule has 0 aliphatic heterocycles. The van der Waals surface area contributed by atoms with E-state index in [-0.39, 0.29) is 6.54 Å². The minimum absolute atomic E-state index is 0.0826. The van der Waals surface area contributed by atoms with Crippen molar-refractivity contribution in [2.75, 3.05) is 24.9 Å². The summed E-state index contributed by atoms with van der Waals surface area (Å²) in [6.45, 7) is 6.46. The Balaban J connectivity index is 2.50. The van der Waals surface area contributed by atoms with Crippen molar-refractivity contribution in [2.24, 2.45) is 0 Å². The smallest absolute Gasteiger partial charge is 0.304 e. The standard InChI is InChI=1S/C24H32Cl2N4O4S/c1-17(23(32)27-24(2,3)4)29(15-19-20(25)13-10-14-21(19)26)22(31)16-30(35(33,34)28(5)6)18-11-8-7-9-12-18/h7-14,17H,15-16H2,1-6H3,(H,27,32)/t17-/m0/s1. The van der Waals surface area contributed by atoms with Crippen LogP contribution in [0.5, 0.6) is 0 Å². The molecule has 192 valence electrons. The van der Waals surface area contributed by atoms with Crippen molar-refractivity contribution in [3.63, 3.8) is 0 Å². The lowest BCUT2D eigenvalue weighted by atomic mass is 10.1. The van der Waals surface area contributed by atoms with E-state index >= 15 is 0 Å². The summed E-state index contributed by atoms with van der Waals surface area (Å²) < 4.78 is 28.2. The Morgan fingerprint density at radius 1 is 0.971 bits per heavy atom. The third-order valence-electron chi connectivity index (χ3n) is 5.12. The van der Waals surface area contributed by atoms with E-state index in [9.17, 15) is 18.0 Å². The van der Waals surface area contributed by atoms with Gasteiger partial charge >= 0.3 is 10.2 Å². The summed E-state index contributed by atoms with van der Waals surface area (Å²) in [6, 6.07) is 12.3. The van der Waals surface area contributed by atoms with Crippen LogP contribution >= 0.6 is 23.2 Å². The molecule has 2 amide bonds. The Hall–Kier alpha value is -2.33. The molecule has 0 unspecified atom stereocenters. The van der Waals surface area contributed by atoms with E-state index in [1.807, 2.05) is 20.8 Å². The fourth-order valence-electron chi connectivity index (χ4n) is 3.22. The van der Waals surface area contributed by atoms with Gasteiger partial charge in [-0.1, -0.05) is 47.5 Å². The topological polar surface area (TPSA) is 90.0 Å². The van der Waals surface area contributed by atoms with E-state index in [0.717, 1.165) is 8.61 Å². The number of amides is 2. The number of anilines is 1. The molecular weight excluding hydrogens is 511 g/mol. The van der Waals surface area contributed by atoms with E-state index in [1.165, 1.54) is 19.0 Å². The number of nitrogens with one attached hydrogen (secondary N) is 1. The molecule has 0 radical (unpaired) electrons. The second-order valence-electron chi connectivity index (χ2n) is 9.27. The molecule has 0 fully saturated rings. The van der Waals surface area contributed by atoms with Crippen LogP contribution in [0.25, 0.3) is 0 Å². The highest BCUT2D eigenvalue weighted by molar-refractivity contribution is 7.90. The highest BCUT2D eigenvalue weighted by atomic mass is 35.5. The predicted octanol–water partition coefficient (Wildman–Crippen LogP) is 3.94. The lowest BCUT2D eigenvalue weighted by Gasteiger charge is -2.34. The fourth-order valence-corrected chi connectivity index (χ4v) is 4.79. The van der Waals surface area contributed by atoms with Crippen LogP contribution in [0.15, 0.2) is 48.5 Å². The molecule has 0 aliphatic rings. The molecule has 0 aliphatic carbocycles. The molecular formula is C24H32Cl2N4O4S. The Kier molecular flexibility index (Phi) is 9.58. The lowest BCUT2D eigenvalue weighted by molar-refractivity contribution is -0.140. The molecule has 1 N–H and O–H groups in total.